The van der Waals surface area contributed by atoms with Crippen molar-refractivity contribution in [3.05, 3.63) is 33.4 Å². The van der Waals surface area contributed by atoms with Gasteiger partial charge in [-0.15, -0.1) is 0 Å². The first-order valence-corrected chi connectivity index (χ1v) is 5.60. The van der Waals surface area contributed by atoms with Gasteiger partial charge in [0.2, 0.25) is 0 Å². The van der Waals surface area contributed by atoms with Gasteiger partial charge in [-0.1, -0.05) is 0 Å². The lowest BCUT2D eigenvalue weighted by molar-refractivity contribution is -0.384. The Morgan fingerprint density at radius 1 is 1.31 bits per heavy atom. The van der Waals surface area contributed by atoms with Crippen molar-refractivity contribution < 1.29 is 4.92 Å². The fourth-order valence-electron chi connectivity index (χ4n) is 1.84. The Balaban J connectivity index is 2.32. The summed E-state index contributed by atoms with van der Waals surface area (Å²) in [6.45, 7) is 3.88. The molecule has 0 unspecified atom stereocenters. The predicted octanol–water partition coefficient (Wildman–Crippen LogP) is 3.18. The van der Waals surface area contributed by atoms with Gasteiger partial charge in [0.05, 0.1) is 4.92 Å². The Bertz CT molecular complexity index is 425. The second kappa shape index (κ2) is 4.12. The third kappa shape index (κ3) is 2.01. The highest BCUT2D eigenvalue weighted by Crippen LogP contribution is 2.31. The van der Waals surface area contributed by atoms with Gasteiger partial charge in [0.15, 0.2) is 0 Å². The summed E-state index contributed by atoms with van der Waals surface area (Å²) in [5.41, 5.74) is 2.91. The van der Waals surface area contributed by atoms with E-state index in [1.54, 1.807) is 6.07 Å². The summed E-state index contributed by atoms with van der Waals surface area (Å²) in [6, 6.07) is 3.95. The molecule has 1 N–H and O–H groups in total. The molecule has 0 aliphatic heterocycles. The minimum absolute atomic E-state index is 0.190. The topological polar surface area (TPSA) is 55.2 Å². The molecular weight excluding hydrogens is 204 g/mol. The van der Waals surface area contributed by atoms with E-state index < -0.39 is 0 Å². The summed E-state index contributed by atoms with van der Waals surface area (Å²) in [4.78, 5) is 10.6. The summed E-state index contributed by atoms with van der Waals surface area (Å²) in [5, 5.41) is 14.2. The molecule has 0 radical (unpaired) electrons. The lowest BCUT2D eigenvalue weighted by Gasteiger charge is -2.27. The van der Waals surface area contributed by atoms with E-state index in [4.69, 9.17) is 0 Å². The Kier molecular flexibility index (Phi) is 2.81. The van der Waals surface area contributed by atoms with Crippen molar-refractivity contribution in [3.8, 4) is 0 Å². The monoisotopic (exact) mass is 220 g/mol. The zero-order valence-corrected chi connectivity index (χ0v) is 9.62. The minimum atomic E-state index is -0.312. The van der Waals surface area contributed by atoms with Crippen LogP contribution in [0.5, 0.6) is 0 Å². The van der Waals surface area contributed by atoms with Gasteiger partial charge in [-0.2, -0.15) is 0 Å². The number of aryl methyl sites for hydroxylation is 2. The number of nitrogens with one attached hydrogen (secondary N) is 1. The third-order valence-corrected chi connectivity index (χ3v) is 3.27. The van der Waals surface area contributed by atoms with Crippen molar-refractivity contribution in [2.45, 2.75) is 39.2 Å². The molecule has 0 saturated heterocycles. The van der Waals surface area contributed by atoms with Gasteiger partial charge in [0, 0.05) is 12.1 Å². The fraction of sp³-hybridized carbons (Fsp3) is 0.500. The van der Waals surface area contributed by atoms with Crippen LogP contribution in [0.25, 0.3) is 0 Å². The maximum absolute atomic E-state index is 10.9. The highest BCUT2D eigenvalue weighted by molar-refractivity contribution is 5.65. The quantitative estimate of drug-likeness (QED) is 0.628. The van der Waals surface area contributed by atoms with Crippen LogP contribution >= 0.6 is 0 Å². The number of hydrogen-bond acceptors (Lipinski definition) is 3. The molecule has 4 heteroatoms. The van der Waals surface area contributed by atoms with E-state index in [0.717, 1.165) is 24.0 Å². The molecule has 1 fully saturated rings. The van der Waals surface area contributed by atoms with Gasteiger partial charge in [-0.3, -0.25) is 10.1 Å². The van der Waals surface area contributed by atoms with E-state index in [2.05, 4.69) is 5.32 Å². The number of rotatable bonds is 3. The number of nitrogens with zero attached hydrogens (tertiary/aromatic N) is 1. The van der Waals surface area contributed by atoms with Crippen LogP contribution in [0.3, 0.4) is 0 Å². The van der Waals surface area contributed by atoms with Crippen LogP contribution in [0.4, 0.5) is 11.4 Å². The molecule has 4 nitrogen and oxygen atoms in total. The number of anilines is 1. The van der Waals surface area contributed by atoms with Crippen molar-refractivity contribution in [2.75, 3.05) is 5.32 Å². The molecule has 1 aliphatic rings. The van der Waals surface area contributed by atoms with E-state index in [1.165, 1.54) is 6.42 Å². The molecule has 1 aliphatic carbocycles. The van der Waals surface area contributed by atoms with Gasteiger partial charge in [-0.25, -0.2) is 0 Å². The first-order valence-electron chi connectivity index (χ1n) is 5.60. The number of hydrogen-bond donors (Lipinski definition) is 1. The zero-order valence-electron chi connectivity index (χ0n) is 9.62. The van der Waals surface area contributed by atoms with E-state index in [0.29, 0.717) is 11.7 Å². The number of nitro groups is 1. The molecule has 0 amide bonds. The normalized spacial score (nSPS) is 15.6. The number of benzene rings is 1. The molecule has 1 saturated carbocycles. The summed E-state index contributed by atoms with van der Waals surface area (Å²) in [5.74, 6) is 0. The van der Waals surface area contributed by atoms with Crippen LogP contribution in [-0.2, 0) is 0 Å². The average Bonchev–Trinajstić information content (AvgIpc) is 2.16. The van der Waals surface area contributed by atoms with Crippen LogP contribution in [-0.4, -0.2) is 11.0 Å². The smallest absolute Gasteiger partial charge is 0.292 e. The maximum Gasteiger partial charge on any atom is 0.292 e. The molecule has 0 spiro atoms. The van der Waals surface area contributed by atoms with Crippen LogP contribution in [0, 0.1) is 24.0 Å². The zero-order chi connectivity index (χ0) is 11.7. The Morgan fingerprint density at radius 2 is 1.94 bits per heavy atom. The van der Waals surface area contributed by atoms with Crippen molar-refractivity contribution in [2.24, 2.45) is 0 Å². The summed E-state index contributed by atoms with van der Waals surface area (Å²) in [7, 11) is 0. The van der Waals surface area contributed by atoms with E-state index in [9.17, 15) is 10.1 Å². The van der Waals surface area contributed by atoms with Gasteiger partial charge >= 0.3 is 0 Å². The second-order valence-electron chi connectivity index (χ2n) is 4.48. The van der Waals surface area contributed by atoms with Crippen LogP contribution in [0.15, 0.2) is 12.1 Å². The van der Waals surface area contributed by atoms with Crippen molar-refractivity contribution >= 4 is 11.4 Å². The lowest BCUT2D eigenvalue weighted by atomic mass is 9.92. The number of nitro benzene ring substituents is 1. The first-order chi connectivity index (χ1) is 7.58. The molecule has 1 aromatic rings. The minimum Gasteiger partial charge on any atom is -0.377 e. The average molecular weight is 220 g/mol. The Morgan fingerprint density at radius 3 is 2.44 bits per heavy atom. The molecule has 0 heterocycles. The Hall–Kier alpha value is -1.58. The largest absolute Gasteiger partial charge is 0.377 e. The van der Waals surface area contributed by atoms with Crippen LogP contribution in [0.2, 0.25) is 0 Å². The molecule has 16 heavy (non-hydrogen) atoms. The molecule has 0 atom stereocenters. The summed E-state index contributed by atoms with van der Waals surface area (Å²) in [6.07, 6.45) is 3.45. The van der Waals surface area contributed by atoms with Crippen LogP contribution < -0.4 is 5.32 Å². The fourth-order valence-corrected chi connectivity index (χ4v) is 1.84. The van der Waals surface area contributed by atoms with E-state index in [-0.39, 0.29) is 10.6 Å². The van der Waals surface area contributed by atoms with Gasteiger partial charge < -0.3 is 5.32 Å². The molecule has 0 bridgehead atoms. The standard InChI is InChI=1S/C12H16N2O2/c1-8-6-11(13-10-4-3-5-10)12(14(15)16)7-9(8)2/h6-7,10,13H,3-5H2,1-2H3. The molecule has 2 rings (SSSR count). The van der Waals surface area contributed by atoms with Crippen molar-refractivity contribution in [1.82, 2.24) is 0 Å². The molecule has 0 aromatic heterocycles. The maximum atomic E-state index is 10.9. The predicted molar refractivity (Wildman–Crippen MR) is 63.8 cm³/mol. The molecular formula is C12H16N2O2. The van der Waals surface area contributed by atoms with Gasteiger partial charge in [-0.05, 0) is 50.3 Å². The molecule has 86 valence electrons. The van der Waals surface area contributed by atoms with Crippen LogP contribution in [0.1, 0.15) is 30.4 Å². The highest BCUT2D eigenvalue weighted by Gasteiger charge is 2.22. The third-order valence-electron chi connectivity index (χ3n) is 3.27. The van der Waals surface area contributed by atoms with Crippen molar-refractivity contribution in [1.29, 1.82) is 0 Å². The van der Waals surface area contributed by atoms with Gasteiger partial charge in [0.1, 0.15) is 5.69 Å². The highest BCUT2D eigenvalue weighted by atomic mass is 16.6. The van der Waals surface area contributed by atoms with E-state index in [1.807, 2.05) is 19.9 Å². The van der Waals surface area contributed by atoms with Gasteiger partial charge in [0.25, 0.3) is 5.69 Å². The summed E-state index contributed by atoms with van der Waals surface area (Å²) < 4.78 is 0. The van der Waals surface area contributed by atoms with Crippen molar-refractivity contribution in [3.63, 3.8) is 0 Å². The molecule has 1 aromatic carbocycles. The SMILES string of the molecule is Cc1cc(NC2CCC2)c([N+](=O)[O-])cc1C. The Labute approximate surface area is 94.8 Å². The lowest BCUT2D eigenvalue weighted by Crippen LogP contribution is -2.27. The summed E-state index contributed by atoms with van der Waals surface area (Å²) >= 11 is 0. The first kappa shape index (κ1) is 10.9. The second-order valence-corrected chi connectivity index (χ2v) is 4.48. The van der Waals surface area contributed by atoms with E-state index >= 15 is 0 Å².